The number of fused-ring (bicyclic) bond motifs is 1. The van der Waals surface area contributed by atoms with E-state index >= 15 is 0 Å². The van der Waals surface area contributed by atoms with Gasteiger partial charge in [-0.2, -0.15) is 0 Å². The minimum absolute atomic E-state index is 0.0667. The monoisotopic (exact) mass is 412 g/mol. The Labute approximate surface area is 181 Å². The Hall–Kier alpha value is -1.33. The number of aliphatic hydroxyl groups excluding tert-OH is 1. The Balaban J connectivity index is 1.71. The lowest BCUT2D eigenvalue weighted by Gasteiger charge is -2.39. The fourth-order valence-corrected chi connectivity index (χ4v) is 4.53. The van der Waals surface area contributed by atoms with Crippen molar-refractivity contribution in [2.24, 2.45) is 5.73 Å². The van der Waals surface area contributed by atoms with E-state index < -0.39 is 5.54 Å². The van der Waals surface area contributed by atoms with Crippen LogP contribution in [-0.2, 0) is 19.5 Å². The second-order valence-corrected chi connectivity index (χ2v) is 9.11. The van der Waals surface area contributed by atoms with E-state index in [2.05, 4.69) is 49.1 Å². The van der Waals surface area contributed by atoms with Gasteiger partial charge in [0.2, 0.25) is 0 Å². The number of hydrogen-bond donors (Lipinski definition) is 2. The Morgan fingerprint density at radius 3 is 2.48 bits per heavy atom. The number of unbranched alkanes of at least 4 members (excludes halogenated alkanes) is 1. The molecule has 0 amide bonds. The van der Waals surface area contributed by atoms with Crippen LogP contribution < -0.4 is 5.73 Å². The molecule has 2 unspecified atom stereocenters. The van der Waals surface area contributed by atoms with E-state index in [4.69, 9.17) is 17.3 Å². The zero-order valence-corrected chi connectivity index (χ0v) is 18.4. The highest BCUT2D eigenvalue weighted by Gasteiger charge is 2.30. The fourth-order valence-electron chi connectivity index (χ4n) is 4.40. The molecule has 156 valence electrons. The number of hydrogen-bond acceptors (Lipinski definition) is 3. The molecule has 29 heavy (non-hydrogen) atoms. The summed E-state index contributed by atoms with van der Waals surface area (Å²) in [6.45, 7) is 1.93. The highest BCUT2D eigenvalue weighted by Crippen LogP contribution is 2.29. The summed E-state index contributed by atoms with van der Waals surface area (Å²) in [6.07, 6.45) is 7.25. The van der Waals surface area contributed by atoms with Gasteiger partial charge in [-0.25, -0.2) is 0 Å². The number of aliphatic hydroxyl groups is 1. The van der Waals surface area contributed by atoms with E-state index in [9.17, 15) is 5.11 Å². The Bertz CT molecular complexity index is 770. The molecule has 5 heteroatoms. The minimum Gasteiger partial charge on any atom is -0.394 e. The van der Waals surface area contributed by atoms with Gasteiger partial charge in [-0.3, -0.25) is 4.90 Å². The van der Waals surface area contributed by atoms with Crippen molar-refractivity contribution in [3.63, 3.8) is 0 Å². The normalized spacial score (nSPS) is 18.9. The van der Waals surface area contributed by atoms with Crippen LogP contribution in [0.2, 0.25) is 11.3 Å². The van der Waals surface area contributed by atoms with Gasteiger partial charge in [0.05, 0.1) is 6.61 Å². The van der Waals surface area contributed by atoms with Gasteiger partial charge in [0, 0.05) is 29.7 Å². The van der Waals surface area contributed by atoms with E-state index in [1.807, 2.05) is 12.1 Å². The molecule has 0 radical (unpaired) electrons. The summed E-state index contributed by atoms with van der Waals surface area (Å²) in [5, 5.41) is 10.7. The zero-order chi connectivity index (χ0) is 20.7. The Kier molecular flexibility index (Phi) is 8.20. The Morgan fingerprint density at radius 2 is 1.79 bits per heavy atom. The van der Waals surface area contributed by atoms with Crippen molar-refractivity contribution in [3.05, 3.63) is 70.2 Å². The SMILES string of the molecule is BCCCCC(N)(CO)CCC1Cc2ccccc2CN1Cc1ccc(Cl)cc1. The lowest BCUT2D eigenvalue weighted by molar-refractivity contribution is 0.123. The van der Waals surface area contributed by atoms with E-state index in [0.717, 1.165) is 50.2 Å². The van der Waals surface area contributed by atoms with Gasteiger partial charge in [0.15, 0.2) is 0 Å². The highest BCUT2D eigenvalue weighted by atomic mass is 35.5. The third kappa shape index (κ3) is 6.32. The molecule has 3 rings (SSSR count). The summed E-state index contributed by atoms with van der Waals surface area (Å²) in [4.78, 5) is 2.56. The smallest absolute Gasteiger partial charge is 0.101 e. The van der Waals surface area contributed by atoms with Crippen LogP contribution in [0.15, 0.2) is 48.5 Å². The van der Waals surface area contributed by atoms with Crippen LogP contribution in [-0.4, -0.2) is 36.0 Å². The highest BCUT2D eigenvalue weighted by molar-refractivity contribution is 6.30. The van der Waals surface area contributed by atoms with Crippen LogP contribution in [0.3, 0.4) is 0 Å². The van der Waals surface area contributed by atoms with Crippen LogP contribution >= 0.6 is 11.6 Å². The molecule has 0 aliphatic carbocycles. The first-order chi connectivity index (χ1) is 14.0. The molecule has 1 heterocycles. The van der Waals surface area contributed by atoms with Crippen molar-refractivity contribution >= 4 is 19.4 Å². The van der Waals surface area contributed by atoms with E-state index in [1.54, 1.807) is 0 Å². The minimum atomic E-state index is -0.460. The summed E-state index contributed by atoms with van der Waals surface area (Å²) < 4.78 is 0. The molecular formula is C24H34BClN2O. The van der Waals surface area contributed by atoms with Crippen molar-refractivity contribution < 1.29 is 5.11 Å². The average molecular weight is 413 g/mol. The van der Waals surface area contributed by atoms with Gasteiger partial charge in [-0.05, 0) is 54.5 Å². The van der Waals surface area contributed by atoms with Gasteiger partial charge < -0.3 is 10.8 Å². The quantitative estimate of drug-likeness (QED) is 0.459. The second-order valence-electron chi connectivity index (χ2n) is 8.67. The topological polar surface area (TPSA) is 49.5 Å². The second kappa shape index (κ2) is 10.6. The van der Waals surface area contributed by atoms with Crippen molar-refractivity contribution in [1.29, 1.82) is 0 Å². The van der Waals surface area contributed by atoms with Crippen LogP contribution in [0.4, 0.5) is 0 Å². The number of rotatable bonds is 10. The molecule has 2 atom stereocenters. The van der Waals surface area contributed by atoms with Crippen LogP contribution in [0.1, 0.15) is 48.8 Å². The standard InChI is InChI=1S/C24H34BClN2O/c25-14-4-3-12-24(27,18-29)13-11-23-15-20-5-1-2-6-21(20)17-28(23)16-19-7-9-22(26)10-8-19/h1-2,5-10,23,29H,3-4,11-18,25,27H2. The molecule has 0 bridgehead atoms. The summed E-state index contributed by atoms with van der Waals surface area (Å²) in [7, 11) is 2.20. The predicted molar refractivity (Wildman–Crippen MR) is 125 cm³/mol. The summed E-state index contributed by atoms with van der Waals surface area (Å²) in [6, 6.07) is 17.4. The largest absolute Gasteiger partial charge is 0.394 e. The maximum absolute atomic E-state index is 9.95. The van der Waals surface area contributed by atoms with Gasteiger partial charge >= 0.3 is 0 Å². The molecule has 3 N–H and O–H groups in total. The van der Waals surface area contributed by atoms with Gasteiger partial charge in [-0.1, -0.05) is 67.2 Å². The average Bonchev–Trinajstić information content (AvgIpc) is 2.74. The third-order valence-electron chi connectivity index (χ3n) is 6.33. The number of nitrogens with zero attached hydrogens (tertiary/aromatic N) is 1. The molecule has 3 nitrogen and oxygen atoms in total. The van der Waals surface area contributed by atoms with E-state index in [0.29, 0.717) is 6.04 Å². The zero-order valence-electron chi connectivity index (χ0n) is 17.6. The predicted octanol–water partition coefficient (Wildman–Crippen LogP) is 3.96. The van der Waals surface area contributed by atoms with Crippen molar-refractivity contribution in [2.75, 3.05) is 6.61 Å². The maximum atomic E-state index is 9.95. The molecule has 1 aliphatic heterocycles. The van der Waals surface area contributed by atoms with Gasteiger partial charge in [-0.15, -0.1) is 0 Å². The van der Waals surface area contributed by atoms with Crippen LogP contribution in [0, 0.1) is 0 Å². The lowest BCUT2D eigenvalue weighted by Crippen LogP contribution is -2.47. The number of halogens is 1. The number of benzene rings is 2. The van der Waals surface area contributed by atoms with E-state index in [-0.39, 0.29) is 6.61 Å². The number of nitrogens with two attached hydrogens (primary N) is 1. The van der Waals surface area contributed by atoms with Crippen molar-refractivity contribution in [3.8, 4) is 0 Å². The van der Waals surface area contributed by atoms with E-state index in [1.165, 1.54) is 29.4 Å². The van der Waals surface area contributed by atoms with Crippen LogP contribution in [0.25, 0.3) is 0 Å². The molecule has 1 aliphatic rings. The molecule has 0 fully saturated rings. The lowest BCUT2D eigenvalue weighted by atomic mass is 9.83. The van der Waals surface area contributed by atoms with Gasteiger partial charge in [0.25, 0.3) is 0 Å². The fraction of sp³-hybridized carbons (Fsp3) is 0.500. The summed E-state index contributed by atoms with van der Waals surface area (Å²) in [5.41, 5.74) is 10.3. The first-order valence-corrected chi connectivity index (χ1v) is 11.4. The summed E-state index contributed by atoms with van der Waals surface area (Å²) in [5.74, 6) is 0. The molecule has 0 saturated heterocycles. The Morgan fingerprint density at radius 1 is 1.07 bits per heavy atom. The maximum Gasteiger partial charge on any atom is 0.101 e. The first kappa shape index (κ1) is 22.4. The molecule has 0 aromatic heterocycles. The van der Waals surface area contributed by atoms with Gasteiger partial charge in [0.1, 0.15) is 7.85 Å². The molecule has 0 spiro atoms. The molecule has 2 aromatic rings. The molecule has 0 saturated carbocycles. The van der Waals surface area contributed by atoms with Crippen molar-refractivity contribution in [1.82, 2.24) is 4.90 Å². The summed E-state index contributed by atoms with van der Waals surface area (Å²) >= 11 is 6.07. The van der Waals surface area contributed by atoms with Crippen LogP contribution in [0.5, 0.6) is 0 Å². The third-order valence-corrected chi connectivity index (χ3v) is 6.58. The molecule has 2 aromatic carbocycles. The first-order valence-electron chi connectivity index (χ1n) is 11.0. The van der Waals surface area contributed by atoms with Crippen molar-refractivity contribution in [2.45, 2.75) is 69.5 Å². The molecular weight excluding hydrogens is 379 g/mol.